The highest BCUT2D eigenvalue weighted by Crippen LogP contribution is 2.53. The van der Waals surface area contributed by atoms with Gasteiger partial charge in [-0.15, -0.1) is 0 Å². The molecule has 2 aliphatic carbocycles. The molecule has 1 aromatic carbocycles. The van der Waals surface area contributed by atoms with Crippen LogP contribution in [0.25, 0.3) is 0 Å². The minimum Gasteiger partial charge on any atom is -0.0801 e. The number of benzene rings is 1. The van der Waals surface area contributed by atoms with Crippen molar-refractivity contribution in [3.05, 3.63) is 47.0 Å². The van der Waals surface area contributed by atoms with E-state index in [-0.39, 0.29) is 0 Å². The van der Waals surface area contributed by atoms with Crippen molar-refractivity contribution in [3.8, 4) is 0 Å². The standard InChI is InChI=1S/C13H14/c1-8-4-3-5-12-10-6-7-11(9(10)2)13(8)12/h3-7,9-11H,1-2H3/t9?,10-,11+/m1/s1. The Morgan fingerprint density at radius 1 is 1.08 bits per heavy atom. The van der Waals surface area contributed by atoms with Crippen LogP contribution < -0.4 is 0 Å². The summed E-state index contributed by atoms with van der Waals surface area (Å²) in [4.78, 5) is 0. The first-order chi connectivity index (χ1) is 6.29. The lowest BCUT2D eigenvalue weighted by Gasteiger charge is -2.12. The van der Waals surface area contributed by atoms with E-state index in [4.69, 9.17) is 0 Å². The van der Waals surface area contributed by atoms with Crippen LogP contribution in [0.1, 0.15) is 35.4 Å². The van der Waals surface area contributed by atoms with Crippen LogP contribution >= 0.6 is 0 Å². The maximum Gasteiger partial charge on any atom is 0.00582 e. The molecule has 3 atom stereocenters. The largest absolute Gasteiger partial charge is 0.0801 e. The van der Waals surface area contributed by atoms with Gasteiger partial charge in [0.2, 0.25) is 0 Å². The van der Waals surface area contributed by atoms with Crippen molar-refractivity contribution in [2.24, 2.45) is 5.92 Å². The number of allylic oxidation sites excluding steroid dienone is 2. The minimum atomic E-state index is 0.708. The van der Waals surface area contributed by atoms with E-state index >= 15 is 0 Å². The van der Waals surface area contributed by atoms with Crippen LogP contribution in [0.15, 0.2) is 30.4 Å². The molecule has 0 nitrogen and oxygen atoms in total. The maximum atomic E-state index is 2.39. The molecule has 0 spiro atoms. The molecule has 1 aromatic rings. The van der Waals surface area contributed by atoms with Gasteiger partial charge in [0.1, 0.15) is 0 Å². The average molecular weight is 170 g/mol. The van der Waals surface area contributed by atoms with Crippen LogP contribution in [0.2, 0.25) is 0 Å². The van der Waals surface area contributed by atoms with Crippen LogP contribution in [0.4, 0.5) is 0 Å². The maximum absolute atomic E-state index is 2.39. The van der Waals surface area contributed by atoms with Gasteiger partial charge in [-0.3, -0.25) is 0 Å². The highest BCUT2D eigenvalue weighted by atomic mass is 14.4. The van der Waals surface area contributed by atoms with Crippen LogP contribution in [0.3, 0.4) is 0 Å². The minimum absolute atomic E-state index is 0.708. The Morgan fingerprint density at radius 2 is 1.85 bits per heavy atom. The molecule has 0 saturated heterocycles. The molecule has 2 aliphatic rings. The second-order valence-electron chi connectivity index (χ2n) is 4.37. The summed E-state index contributed by atoms with van der Waals surface area (Å²) in [5.74, 6) is 2.22. The molecule has 0 N–H and O–H groups in total. The molecule has 0 amide bonds. The lowest BCUT2D eigenvalue weighted by atomic mass is 9.93. The van der Waals surface area contributed by atoms with Gasteiger partial charge >= 0.3 is 0 Å². The Morgan fingerprint density at radius 3 is 2.62 bits per heavy atom. The normalized spacial score (nSPS) is 33.8. The Balaban J connectivity index is 2.28. The van der Waals surface area contributed by atoms with E-state index in [0.29, 0.717) is 11.8 Å². The highest BCUT2D eigenvalue weighted by Gasteiger charge is 2.39. The molecule has 66 valence electrons. The Hall–Kier alpha value is -1.04. The number of fused-ring (bicyclic) bond motifs is 5. The number of aryl methyl sites for hydroxylation is 1. The van der Waals surface area contributed by atoms with Gasteiger partial charge in [-0.25, -0.2) is 0 Å². The van der Waals surface area contributed by atoms with Crippen LogP contribution in [-0.2, 0) is 0 Å². The van der Waals surface area contributed by atoms with E-state index in [0.717, 1.165) is 5.92 Å². The van der Waals surface area contributed by atoms with Gasteiger partial charge in [-0.05, 0) is 29.5 Å². The van der Waals surface area contributed by atoms with E-state index in [2.05, 4.69) is 44.2 Å². The first kappa shape index (κ1) is 7.37. The van der Waals surface area contributed by atoms with Crippen molar-refractivity contribution in [2.75, 3.05) is 0 Å². The van der Waals surface area contributed by atoms with E-state index < -0.39 is 0 Å². The second kappa shape index (κ2) is 2.25. The van der Waals surface area contributed by atoms with Crippen molar-refractivity contribution in [2.45, 2.75) is 25.7 Å². The number of hydrogen-bond acceptors (Lipinski definition) is 0. The third-order valence-electron chi connectivity index (χ3n) is 3.71. The summed E-state index contributed by atoms with van der Waals surface area (Å²) >= 11 is 0. The van der Waals surface area contributed by atoms with Crippen LogP contribution in [-0.4, -0.2) is 0 Å². The molecule has 0 aliphatic heterocycles. The third kappa shape index (κ3) is 0.763. The van der Waals surface area contributed by atoms with E-state index in [1.165, 1.54) is 5.56 Å². The molecule has 0 saturated carbocycles. The van der Waals surface area contributed by atoms with Crippen LogP contribution in [0.5, 0.6) is 0 Å². The molecular formula is C13H14. The highest BCUT2D eigenvalue weighted by molar-refractivity contribution is 5.52. The zero-order valence-corrected chi connectivity index (χ0v) is 8.12. The van der Waals surface area contributed by atoms with Crippen molar-refractivity contribution in [3.63, 3.8) is 0 Å². The second-order valence-corrected chi connectivity index (χ2v) is 4.37. The molecule has 0 heterocycles. The first-order valence-corrected chi connectivity index (χ1v) is 5.07. The lowest BCUT2D eigenvalue weighted by molar-refractivity contribution is 0.557. The van der Waals surface area contributed by atoms with Gasteiger partial charge in [0.15, 0.2) is 0 Å². The van der Waals surface area contributed by atoms with Gasteiger partial charge in [-0.2, -0.15) is 0 Å². The van der Waals surface area contributed by atoms with E-state index in [1.807, 2.05) is 0 Å². The predicted octanol–water partition coefficient (Wildman–Crippen LogP) is 3.38. The monoisotopic (exact) mass is 170 g/mol. The van der Waals surface area contributed by atoms with Gasteiger partial charge < -0.3 is 0 Å². The van der Waals surface area contributed by atoms with E-state index in [9.17, 15) is 0 Å². The summed E-state index contributed by atoms with van der Waals surface area (Å²) in [6.07, 6.45) is 4.78. The van der Waals surface area contributed by atoms with E-state index in [1.54, 1.807) is 11.1 Å². The summed E-state index contributed by atoms with van der Waals surface area (Å²) < 4.78 is 0. The quantitative estimate of drug-likeness (QED) is 0.524. The fraction of sp³-hybridized carbons (Fsp3) is 0.385. The molecule has 0 radical (unpaired) electrons. The third-order valence-corrected chi connectivity index (χ3v) is 3.71. The molecule has 1 unspecified atom stereocenters. The summed E-state index contributed by atoms with van der Waals surface area (Å²) in [7, 11) is 0. The topological polar surface area (TPSA) is 0 Å². The lowest BCUT2D eigenvalue weighted by Crippen LogP contribution is -1.97. The van der Waals surface area contributed by atoms with Gasteiger partial charge in [0, 0.05) is 11.8 Å². The average Bonchev–Trinajstić information content (AvgIpc) is 2.61. The molecule has 0 fully saturated rings. The summed E-state index contributed by atoms with van der Waals surface area (Å²) in [5, 5.41) is 0. The summed E-state index contributed by atoms with van der Waals surface area (Å²) in [5.41, 5.74) is 4.67. The fourth-order valence-electron chi connectivity index (χ4n) is 3.01. The van der Waals surface area contributed by atoms with Crippen molar-refractivity contribution >= 4 is 0 Å². The zero-order chi connectivity index (χ0) is 9.00. The summed E-state index contributed by atoms with van der Waals surface area (Å²) in [6, 6.07) is 6.72. The molecular weight excluding hydrogens is 156 g/mol. The zero-order valence-electron chi connectivity index (χ0n) is 8.12. The molecule has 3 rings (SSSR count). The molecule has 0 aromatic heterocycles. The SMILES string of the molecule is Cc1cccc2c1[C@H]1C=C[C@@H]2C1C. The fourth-order valence-corrected chi connectivity index (χ4v) is 3.01. The number of rotatable bonds is 0. The van der Waals surface area contributed by atoms with Crippen LogP contribution in [0, 0.1) is 12.8 Å². The van der Waals surface area contributed by atoms with Crippen molar-refractivity contribution < 1.29 is 0 Å². The van der Waals surface area contributed by atoms with Crippen molar-refractivity contribution in [1.82, 2.24) is 0 Å². The van der Waals surface area contributed by atoms with Gasteiger partial charge in [-0.1, -0.05) is 37.3 Å². The summed E-state index contributed by atoms with van der Waals surface area (Å²) in [6.45, 7) is 4.61. The molecule has 13 heavy (non-hydrogen) atoms. The predicted molar refractivity (Wildman–Crippen MR) is 55.0 cm³/mol. The Kier molecular flexibility index (Phi) is 1.28. The Labute approximate surface area is 79.3 Å². The van der Waals surface area contributed by atoms with Crippen molar-refractivity contribution in [1.29, 1.82) is 0 Å². The molecule has 2 bridgehead atoms. The molecule has 0 heteroatoms. The first-order valence-electron chi connectivity index (χ1n) is 5.07. The number of hydrogen-bond donors (Lipinski definition) is 0. The van der Waals surface area contributed by atoms with Gasteiger partial charge in [0.05, 0.1) is 0 Å². The Bertz CT molecular complexity index is 387. The smallest absolute Gasteiger partial charge is 0.00582 e. The van der Waals surface area contributed by atoms with Gasteiger partial charge in [0.25, 0.3) is 0 Å².